The molecule has 0 bridgehead atoms. The molecule has 1 N–H and O–H groups in total. The fourth-order valence-corrected chi connectivity index (χ4v) is 7.73. The van der Waals surface area contributed by atoms with Gasteiger partial charge in [-0.25, -0.2) is 4.21 Å². The van der Waals surface area contributed by atoms with Gasteiger partial charge in [0, 0.05) is 10.7 Å². The summed E-state index contributed by atoms with van der Waals surface area (Å²) in [5.41, 5.74) is 6.70. The standard InChI is InChI=1S/C38H40ClNOS/c1-24(2)29-22-34(25(3)4)38(35(23-29)26(5)6)42(41)37-32-15-11-10-12-27(32)16-21-33(37)36(28-13-8-7-9-14-28)40-31-19-17-30(39)18-20-31/h7-26,36,40H,1-6H3/t36-,42?/m0/s1. The van der Waals surface area contributed by atoms with Crippen molar-refractivity contribution in [1.29, 1.82) is 0 Å². The number of hydrogen-bond acceptors (Lipinski definition) is 2. The predicted octanol–water partition coefficient (Wildman–Crippen LogP) is 11.2. The first-order valence-corrected chi connectivity index (χ1v) is 16.4. The molecule has 0 saturated heterocycles. The fourth-order valence-electron chi connectivity index (χ4n) is 5.60. The third kappa shape index (κ3) is 6.19. The van der Waals surface area contributed by atoms with Crippen LogP contribution in [0.4, 0.5) is 5.69 Å². The van der Waals surface area contributed by atoms with Crippen molar-refractivity contribution in [2.24, 2.45) is 0 Å². The van der Waals surface area contributed by atoms with Crippen molar-refractivity contribution in [2.45, 2.75) is 75.1 Å². The van der Waals surface area contributed by atoms with Crippen LogP contribution >= 0.6 is 11.6 Å². The molecule has 0 aliphatic carbocycles. The molecule has 0 spiro atoms. The minimum absolute atomic E-state index is 0.226. The van der Waals surface area contributed by atoms with Gasteiger partial charge >= 0.3 is 0 Å². The molecule has 4 heteroatoms. The lowest BCUT2D eigenvalue weighted by atomic mass is 9.89. The van der Waals surface area contributed by atoms with Crippen LogP contribution in [0.1, 0.15) is 93.2 Å². The smallest absolute Gasteiger partial charge is 0.0865 e. The molecule has 5 aromatic rings. The zero-order chi connectivity index (χ0) is 30.0. The van der Waals surface area contributed by atoms with E-state index in [9.17, 15) is 0 Å². The Morgan fingerprint density at radius 1 is 0.595 bits per heavy atom. The Hall–Kier alpha value is -3.40. The third-order valence-electron chi connectivity index (χ3n) is 7.96. The Balaban J connectivity index is 1.81. The van der Waals surface area contributed by atoms with E-state index in [1.165, 1.54) is 16.7 Å². The Bertz CT molecular complexity index is 1680. The van der Waals surface area contributed by atoms with Gasteiger partial charge < -0.3 is 5.32 Å². The van der Waals surface area contributed by atoms with E-state index in [0.717, 1.165) is 37.4 Å². The molecular formula is C38H40ClNOS. The average molecular weight is 594 g/mol. The van der Waals surface area contributed by atoms with E-state index >= 15 is 4.21 Å². The second-order valence-corrected chi connectivity index (χ2v) is 13.8. The molecule has 0 aromatic heterocycles. The van der Waals surface area contributed by atoms with Crippen LogP contribution in [-0.2, 0) is 10.8 Å². The van der Waals surface area contributed by atoms with Crippen molar-refractivity contribution in [2.75, 3.05) is 5.32 Å². The van der Waals surface area contributed by atoms with E-state index in [1.54, 1.807) is 0 Å². The van der Waals surface area contributed by atoms with Crippen molar-refractivity contribution in [3.63, 3.8) is 0 Å². The molecule has 216 valence electrons. The third-order valence-corrected chi connectivity index (χ3v) is 9.88. The van der Waals surface area contributed by atoms with Gasteiger partial charge in [-0.3, -0.25) is 0 Å². The van der Waals surface area contributed by atoms with Gasteiger partial charge in [0.1, 0.15) is 0 Å². The van der Waals surface area contributed by atoms with Crippen molar-refractivity contribution >= 4 is 38.9 Å². The topological polar surface area (TPSA) is 29.1 Å². The van der Waals surface area contributed by atoms with Gasteiger partial charge in [0.05, 0.1) is 26.6 Å². The lowest BCUT2D eigenvalue weighted by Gasteiger charge is -2.27. The summed E-state index contributed by atoms with van der Waals surface area (Å²) in [6, 6.07) is 35.2. The zero-order valence-corrected chi connectivity index (χ0v) is 26.9. The van der Waals surface area contributed by atoms with Crippen LogP contribution < -0.4 is 5.32 Å². The fraction of sp³-hybridized carbons (Fsp3) is 0.263. The van der Waals surface area contributed by atoms with Crippen LogP contribution in [0.3, 0.4) is 0 Å². The summed E-state index contributed by atoms with van der Waals surface area (Å²) in [4.78, 5) is 1.82. The normalized spacial score (nSPS) is 13.2. The Labute approximate surface area is 258 Å². The van der Waals surface area contributed by atoms with Crippen LogP contribution in [0.15, 0.2) is 113 Å². The van der Waals surface area contributed by atoms with E-state index in [1.807, 2.05) is 42.5 Å². The number of nitrogens with one attached hydrogen (secondary N) is 1. The largest absolute Gasteiger partial charge is 0.374 e. The second kappa shape index (κ2) is 12.9. The second-order valence-electron chi connectivity index (χ2n) is 12.0. The van der Waals surface area contributed by atoms with E-state index in [-0.39, 0.29) is 17.9 Å². The zero-order valence-electron chi connectivity index (χ0n) is 25.3. The van der Waals surface area contributed by atoms with Crippen LogP contribution in [0, 0.1) is 0 Å². The first-order valence-electron chi connectivity index (χ1n) is 14.8. The average Bonchev–Trinajstić information content (AvgIpc) is 2.99. The Morgan fingerprint density at radius 2 is 1.19 bits per heavy atom. The number of fused-ring (bicyclic) bond motifs is 1. The number of benzene rings is 5. The molecule has 0 saturated carbocycles. The van der Waals surface area contributed by atoms with E-state index < -0.39 is 10.8 Å². The highest BCUT2D eigenvalue weighted by atomic mass is 35.5. The molecule has 0 amide bonds. The molecule has 2 nitrogen and oxygen atoms in total. The summed E-state index contributed by atoms with van der Waals surface area (Å²) in [7, 11) is -1.44. The van der Waals surface area contributed by atoms with Gasteiger partial charge in [-0.1, -0.05) is 132 Å². The maximum absolute atomic E-state index is 15.3. The summed E-state index contributed by atoms with van der Waals surface area (Å²) in [6.07, 6.45) is 0. The lowest BCUT2D eigenvalue weighted by Crippen LogP contribution is -2.17. The van der Waals surface area contributed by atoms with E-state index in [2.05, 4.69) is 108 Å². The van der Waals surface area contributed by atoms with Gasteiger partial charge in [-0.2, -0.15) is 0 Å². The maximum Gasteiger partial charge on any atom is 0.0865 e. The minimum Gasteiger partial charge on any atom is -0.374 e. The summed E-state index contributed by atoms with van der Waals surface area (Å²) in [6.45, 7) is 13.3. The van der Waals surface area contributed by atoms with Gasteiger partial charge in [-0.15, -0.1) is 0 Å². The lowest BCUT2D eigenvalue weighted by molar-refractivity contribution is 0.675. The number of halogens is 1. The van der Waals surface area contributed by atoms with Gasteiger partial charge in [0.15, 0.2) is 0 Å². The Morgan fingerprint density at radius 3 is 1.79 bits per heavy atom. The van der Waals surface area contributed by atoms with Gasteiger partial charge in [0.25, 0.3) is 0 Å². The molecule has 0 heterocycles. The molecule has 5 rings (SSSR count). The Kier molecular flexibility index (Phi) is 9.20. The van der Waals surface area contributed by atoms with Crippen molar-refractivity contribution < 1.29 is 4.21 Å². The summed E-state index contributed by atoms with van der Waals surface area (Å²) in [5.74, 6) is 0.855. The first kappa shape index (κ1) is 30.1. The van der Waals surface area contributed by atoms with Crippen molar-refractivity contribution in [1.82, 2.24) is 0 Å². The van der Waals surface area contributed by atoms with Crippen LogP contribution in [0.25, 0.3) is 10.8 Å². The van der Waals surface area contributed by atoms with Crippen LogP contribution in [0.2, 0.25) is 5.02 Å². The summed E-state index contributed by atoms with van der Waals surface area (Å²) in [5, 5.41) is 6.55. The highest BCUT2D eigenvalue weighted by molar-refractivity contribution is 7.85. The predicted molar refractivity (Wildman–Crippen MR) is 181 cm³/mol. The number of rotatable bonds is 9. The highest BCUT2D eigenvalue weighted by Gasteiger charge is 2.28. The first-order chi connectivity index (χ1) is 20.2. The molecule has 0 aliphatic heterocycles. The van der Waals surface area contributed by atoms with E-state index in [0.29, 0.717) is 10.9 Å². The van der Waals surface area contributed by atoms with Crippen molar-refractivity contribution in [3.8, 4) is 0 Å². The molecule has 0 radical (unpaired) electrons. The van der Waals surface area contributed by atoms with E-state index in [4.69, 9.17) is 11.6 Å². The van der Waals surface area contributed by atoms with Crippen molar-refractivity contribution in [3.05, 3.63) is 136 Å². The summed E-state index contributed by atoms with van der Waals surface area (Å²) < 4.78 is 15.3. The molecule has 5 aromatic carbocycles. The molecule has 1 unspecified atom stereocenters. The van der Waals surface area contributed by atoms with Crippen LogP contribution in [-0.4, -0.2) is 4.21 Å². The number of anilines is 1. The van der Waals surface area contributed by atoms with Crippen LogP contribution in [0.5, 0.6) is 0 Å². The minimum atomic E-state index is -1.44. The number of hydrogen-bond donors (Lipinski definition) is 1. The van der Waals surface area contributed by atoms with Gasteiger partial charge in [-0.05, 0) is 80.6 Å². The highest BCUT2D eigenvalue weighted by Crippen LogP contribution is 2.41. The molecule has 0 aliphatic rings. The SMILES string of the molecule is CC(C)c1cc(C(C)C)c(S(=O)c2c([C@@H](Nc3ccc(Cl)cc3)c3ccccc3)ccc3ccccc23)c(C(C)C)c1. The quantitative estimate of drug-likeness (QED) is 0.184. The monoisotopic (exact) mass is 593 g/mol. The molecule has 0 fully saturated rings. The van der Waals surface area contributed by atoms with Gasteiger partial charge in [0.2, 0.25) is 0 Å². The molecule has 2 atom stereocenters. The molecule has 42 heavy (non-hydrogen) atoms. The molecular weight excluding hydrogens is 554 g/mol. The maximum atomic E-state index is 15.3. The summed E-state index contributed by atoms with van der Waals surface area (Å²) >= 11 is 6.23.